The van der Waals surface area contributed by atoms with Gasteiger partial charge in [0.05, 0.1) is 23.9 Å². The number of benzene rings is 3. The average molecular weight is 729 g/mol. The van der Waals surface area contributed by atoms with E-state index >= 15 is 0 Å². The van der Waals surface area contributed by atoms with Gasteiger partial charge in [0.25, 0.3) is 5.91 Å². The second-order valence-electron chi connectivity index (χ2n) is 13.8. The van der Waals surface area contributed by atoms with E-state index < -0.39 is 43.5 Å². The van der Waals surface area contributed by atoms with Crippen molar-refractivity contribution in [2.24, 2.45) is 0 Å². The zero-order valence-corrected chi connectivity index (χ0v) is 30.8. The van der Waals surface area contributed by atoms with E-state index in [2.05, 4.69) is 10.6 Å². The van der Waals surface area contributed by atoms with Gasteiger partial charge in [-0.3, -0.25) is 18.7 Å². The normalized spacial score (nSPS) is 15.8. The van der Waals surface area contributed by atoms with Crippen LogP contribution in [0.5, 0.6) is 0 Å². The zero-order chi connectivity index (χ0) is 36.6. The number of fused-ring (bicyclic) bond motifs is 5. The number of aliphatic hydroxyl groups is 1. The predicted molar refractivity (Wildman–Crippen MR) is 196 cm³/mol. The minimum Gasteiger partial charge on any atom is -0.456 e. The molecule has 2 heterocycles. The molecule has 3 N–H and O–H groups in total. The van der Waals surface area contributed by atoms with Crippen LogP contribution in [0.3, 0.4) is 0 Å². The minimum atomic E-state index is -3.87. The summed E-state index contributed by atoms with van der Waals surface area (Å²) in [5.74, 6) is -0.637. The summed E-state index contributed by atoms with van der Waals surface area (Å²) in [6.45, 7) is 5.87. The molecule has 1 amide bonds. The van der Waals surface area contributed by atoms with Crippen molar-refractivity contribution in [3.05, 3.63) is 71.5 Å². The van der Waals surface area contributed by atoms with Gasteiger partial charge in [-0.25, -0.2) is 21.2 Å². The van der Waals surface area contributed by atoms with Gasteiger partial charge in [-0.1, -0.05) is 19.3 Å². The Morgan fingerprint density at radius 2 is 1.46 bits per heavy atom. The van der Waals surface area contributed by atoms with E-state index in [0.717, 1.165) is 31.8 Å². The number of carbonyl (C=O) groups excluding carboxylic acids is 1. The lowest BCUT2D eigenvalue weighted by molar-refractivity contribution is 0.0919. The van der Waals surface area contributed by atoms with Crippen LogP contribution in [0, 0.1) is 5.82 Å². The first kappa shape index (κ1) is 37.3. The third-order valence-electron chi connectivity index (χ3n) is 8.56. The molecule has 11 nitrogen and oxygen atoms in total. The molecule has 3 aromatic carbocycles. The smallest absolute Gasteiger partial charge is 0.251 e. The Morgan fingerprint density at radius 1 is 0.860 bits per heavy atom. The highest BCUT2D eigenvalue weighted by Gasteiger charge is 2.29. The fourth-order valence-corrected chi connectivity index (χ4v) is 8.19. The standard InChI is InChI=1S/C36H45FN4O7S2/c1-36(2,3)39-34(42)25-18-24-19-27(20-25)40(49(5,44)45)16-10-8-7-9-11-17-41(50(6,46)47)30-22-31-29(21-28(24)30)32(35(43)38-4)33(48-31)23-12-14-26(37)15-13-23/h12-15,18-22,35,38,43H,7-11,16-17H2,1-6H3,(H,39,42). The molecule has 2 bridgehead atoms. The van der Waals surface area contributed by atoms with Crippen molar-refractivity contribution in [3.63, 3.8) is 0 Å². The largest absolute Gasteiger partial charge is 0.456 e. The highest BCUT2D eigenvalue weighted by Crippen LogP contribution is 2.44. The zero-order valence-electron chi connectivity index (χ0n) is 29.2. The van der Waals surface area contributed by atoms with Crippen molar-refractivity contribution < 1.29 is 35.5 Å². The molecule has 1 atom stereocenters. The number of hydrogen-bond acceptors (Lipinski definition) is 8. The average Bonchev–Trinajstić information content (AvgIpc) is 3.39. The first-order valence-corrected chi connectivity index (χ1v) is 20.2. The van der Waals surface area contributed by atoms with Gasteiger partial charge in [0, 0.05) is 52.3 Å². The van der Waals surface area contributed by atoms with E-state index in [9.17, 15) is 31.1 Å². The number of nitrogens with one attached hydrogen (secondary N) is 2. The molecule has 50 heavy (non-hydrogen) atoms. The lowest BCUT2D eigenvalue weighted by Gasteiger charge is -2.28. The number of carbonyl (C=O) groups is 1. The molecule has 270 valence electrons. The maximum atomic E-state index is 13.9. The third kappa shape index (κ3) is 8.31. The van der Waals surface area contributed by atoms with Crippen LogP contribution in [0.4, 0.5) is 15.8 Å². The lowest BCUT2D eigenvalue weighted by atomic mass is 9.95. The maximum absolute atomic E-state index is 13.9. The highest BCUT2D eigenvalue weighted by molar-refractivity contribution is 7.92. The first-order valence-electron chi connectivity index (χ1n) is 16.5. The quantitative estimate of drug-likeness (QED) is 0.201. The molecule has 1 unspecified atom stereocenters. The molecule has 14 heteroatoms. The Morgan fingerprint density at radius 3 is 2.04 bits per heavy atom. The minimum absolute atomic E-state index is 0.168. The van der Waals surface area contributed by atoms with Crippen molar-refractivity contribution in [1.82, 2.24) is 10.6 Å². The van der Waals surface area contributed by atoms with E-state index in [4.69, 9.17) is 4.42 Å². The summed E-state index contributed by atoms with van der Waals surface area (Å²) in [5.41, 5.74) is 1.93. The molecule has 0 fully saturated rings. The number of amides is 1. The number of sulfonamides is 2. The van der Waals surface area contributed by atoms with Gasteiger partial charge in [0.15, 0.2) is 0 Å². The summed E-state index contributed by atoms with van der Waals surface area (Å²) < 4.78 is 76.3. The molecule has 1 aromatic heterocycles. The van der Waals surface area contributed by atoms with Crippen LogP contribution in [-0.4, -0.2) is 66.0 Å². The van der Waals surface area contributed by atoms with Crippen LogP contribution in [0.25, 0.3) is 33.4 Å². The van der Waals surface area contributed by atoms with Crippen molar-refractivity contribution in [2.45, 2.75) is 64.6 Å². The number of aliphatic hydroxyl groups excluding tert-OH is 1. The third-order valence-corrected chi connectivity index (χ3v) is 10.9. The van der Waals surface area contributed by atoms with E-state index in [1.807, 2.05) is 20.8 Å². The Labute approximate surface area is 293 Å². The van der Waals surface area contributed by atoms with Crippen molar-refractivity contribution in [1.29, 1.82) is 0 Å². The van der Waals surface area contributed by atoms with Gasteiger partial charge in [0.2, 0.25) is 20.0 Å². The van der Waals surface area contributed by atoms with Crippen LogP contribution in [-0.2, 0) is 20.0 Å². The van der Waals surface area contributed by atoms with Crippen molar-refractivity contribution in [2.75, 3.05) is 41.3 Å². The topological polar surface area (TPSA) is 149 Å². The predicted octanol–water partition coefficient (Wildman–Crippen LogP) is 6.14. The number of anilines is 2. The maximum Gasteiger partial charge on any atom is 0.251 e. The van der Waals surface area contributed by atoms with E-state index in [0.29, 0.717) is 40.5 Å². The fourth-order valence-electron chi connectivity index (χ4n) is 6.27. The van der Waals surface area contributed by atoms with Crippen molar-refractivity contribution >= 4 is 48.3 Å². The van der Waals surface area contributed by atoms with Crippen LogP contribution < -0.4 is 19.2 Å². The molecule has 0 spiro atoms. The van der Waals surface area contributed by atoms with Crippen LogP contribution >= 0.6 is 0 Å². The molecular weight excluding hydrogens is 684 g/mol. The highest BCUT2D eigenvalue weighted by atomic mass is 32.2. The SMILES string of the molecule is CNC(O)c1c(-c2ccc(F)cc2)oc2cc3c(cc12)-c1cc(C(=O)NC(C)(C)C)cc(c1)N(S(C)(=O)=O)CCCCCCCN3S(C)(=O)=O. The molecule has 0 saturated carbocycles. The Bertz CT molecular complexity index is 2110. The molecule has 0 radical (unpaired) electrons. The Hall–Kier alpha value is -3.98. The van der Waals surface area contributed by atoms with E-state index in [1.54, 1.807) is 31.3 Å². The molecule has 5 rings (SSSR count). The summed E-state index contributed by atoms with van der Waals surface area (Å²) in [5, 5.41) is 17.4. The molecule has 1 aliphatic rings. The van der Waals surface area contributed by atoms with Crippen molar-refractivity contribution in [3.8, 4) is 22.5 Å². The molecule has 0 saturated heterocycles. The number of furan rings is 1. The summed E-state index contributed by atoms with van der Waals surface area (Å²) in [6.07, 6.45) is 4.34. The Balaban J connectivity index is 1.91. The summed E-state index contributed by atoms with van der Waals surface area (Å²) in [4.78, 5) is 13.7. The fraction of sp³-hybridized carbons (Fsp3) is 0.417. The number of nitrogens with zero attached hydrogens (tertiary/aromatic N) is 2. The molecule has 0 aliphatic carbocycles. The van der Waals surface area contributed by atoms with Gasteiger partial charge in [-0.2, -0.15) is 0 Å². The monoisotopic (exact) mass is 728 g/mol. The number of halogens is 1. The second kappa shape index (κ2) is 14.3. The van der Waals surface area contributed by atoms with Gasteiger partial charge in [-0.15, -0.1) is 0 Å². The summed E-state index contributed by atoms with van der Waals surface area (Å²) in [7, 11) is -6.10. The van der Waals surface area contributed by atoms with E-state index in [1.165, 1.54) is 38.9 Å². The molecular formula is C36H45FN4O7S2. The first-order chi connectivity index (χ1) is 23.4. The van der Waals surface area contributed by atoms with E-state index in [-0.39, 0.29) is 41.4 Å². The number of hydrogen-bond donors (Lipinski definition) is 3. The van der Waals surface area contributed by atoms with Gasteiger partial charge < -0.3 is 14.8 Å². The molecule has 4 aromatic rings. The summed E-state index contributed by atoms with van der Waals surface area (Å²) in [6, 6.07) is 13.7. The van der Waals surface area contributed by atoms with Crippen LogP contribution in [0.15, 0.2) is 59.0 Å². The number of rotatable bonds is 6. The second-order valence-corrected chi connectivity index (χ2v) is 17.6. The Kier molecular flexibility index (Phi) is 10.7. The lowest BCUT2D eigenvalue weighted by Crippen LogP contribution is -2.40. The van der Waals surface area contributed by atoms with Gasteiger partial charge >= 0.3 is 0 Å². The van der Waals surface area contributed by atoms with Crippen LogP contribution in [0.1, 0.15) is 75.0 Å². The summed E-state index contributed by atoms with van der Waals surface area (Å²) >= 11 is 0. The molecule has 1 aliphatic heterocycles. The van der Waals surface area contributed by atoms with Gasteiger partial charge in [-0.05, 0) is 94.8 Å². The van der Waals surface area contributed by atoms with Crippen LogP contribution in [0.2, 0.25) is 0 Å². The van der Waals surface area contributed by atoms with Gasteiger partial charge in [0.1, 0.15) is 23.4 Å².